The first-order chi connectivity index (χ1) is 10.2. The summed E-state index contributed by atoms with van der Waals surface area (Å²) < 4.78 is 6.95. The molecule has 0 aromatic carbocycles. The lowest BCUT2D eigenvalue weighted by Gasteiger charge is -2.29. The Balaban J connectivity index is 1.76. The van der Waals surface area contributed by atoms with Crippen molar-refractivity contribution in [3.8, 4) is 0 Å². The number of hydrogen-bond acceptors (Lipinski definition) is 5. The molecule has 0 amide bonds. The summed E-state index contributed by atoms with van der Waals surface area (Å²) in [7, 11) is 0. The highest BCUT2D eigenvalue weighted by molar-refractivity contribution is 7.80. The number of rotatable bonds is 4. The van der Waals surface area contributed by atoms with Crippen LogP contribution in [0.5, 0.6) is 0 Å². The van der Waals surface area contributed by atoms with E-state index < -0.39 is 0 Å². The van der Waals surface area contributed by atoms with Crippen molar-refractivity contribution in [2.75, 3.05) is 37.0 Å². The second-order valence-corrected chi connectivity index (χ2v) is 6.49. The molecular formula is C15H23N3O2S. The van der Waals surface area contributed by atoms with Crippen LogP contribution in [0.2, 0.25) is 0 Å². The molecule has 6 heteroatoms. The fraction of sp³-hybridized carbons (Fsp3) is 0.733. The van der Waals surface area contributed by atoms with Gasteiger partial charge in [0.25, 0.3) is 5.56 Å². The lowest BCUT2D eigenvalue weighted by atomic mass is 9.88. The maximum Gasteiger partial charge on any atom is 0.268 e. The molecule has 1 aromatic heterocycles. The molecule has 0 unspecified atom stereocenters. The van der Waals surface area contributed by atoms with Crippen LogP contribution in [0.4, 0.5) is 5.69 Å². The minimum Gasteiger partial charge on any atom is -0.378 e. The van der Waals surface area contributed by atoms with Crippen LogP contribution in [-0.2, 0) is 11.3 Å². The molecule has 1 aliphatic carbocycles. The number of hydrogen-bond donors (Lipinski definition) is 1. The normalized spacial score (nSPS) is 21.7. The van der Waals surface area contributed by atoms with Crippen molar-refractivity contribution in [1.29, 1.82) is 0 Å². The summed E-state index contributed by atoms with van der Waals surface area (Å²) in [6.07, 6.45) is 6.59. The predicted octanol–water partition coefficient (Wildman–Crippen LogP) is 1.57. The Morgan fingerprint density at radius 2 is 2.00 bits per heavy atom. The standard InChI is InChI=1S/C15H23N3O2S/c19-14-9-13(17-5-7-20-8-6-17)10-16-18(14)11-15(12-21)3-1-2-4-15/h9-10,21H,1-8,11-12H2. The number of anilines is 1. The smallest absolute Gasteiger partial charge is 0.268 e. The van der Waals surface area contributed by atoms with Crippen molar-refractivity contribution >= 4 is 18.3 Å². The Labute approximate surface area is 130 Å². The average molecular weight is 309 g/mol. The summed E-state index contributed by atoms with van der Waals surface area (Å²) in [5, 5.41) is 4.40. The fourth-order valence-electron chi connectivity index (χ4n) is 3.35. The number of ether oxygens (including phenoxy) is 1. The van der Waals surface area contributed by atoms with Crippen LogP contribution in [0.1, 0.15) is 25.7 Å². The van der Waals surface area contributed by atoms with Crippen molar-refractivity contribution in [3.05, 3.63) is 22.6 Å². The molecule has 3 rings (SSSR count). The van der Waals surface area contributed by atoms with E-state index >= 15 is 0 Å². The van der Waals surface area contributed by atoms with E-state index in [1.54, 1.807) is 10.7 Å². The SMILES string of the molecule is O=c1cc(N2CCOCC2)cnn1CC1(CS)CCCC1. The van der Waals surface area contributed by atoms with Gasteiger partial charge in [-0.1, -0.05) is 12.8 Å². The highest BCUT2D eigenvalue weighted by atomic mass is 32.1. The van der Waals surface area contributed by atoms with Gasteiger partial charge in [-0.3, -0.25) is 4.79 Å². The second kappa shape index (κ2) is 6.40. The lowest BCUT2D eigenvalue weighted by molar-refractivity contribution is 0.122. The zero-order chi connectivity index (χ0) is 14.7. The summed E-state index contributed by atoms with van der Waals surface area (Å²) >= 11 is 4.50. The van der Waals surface area contributed by atoms with Gasteiger partial charge in [-0.2, -0.15) is 17.7 Å². The van der Waals surface area contributed by atoms with E-state index in [0.29, 0.717) is 19.8 Å². The zero-order valence-corrected chi connectivity index (χ0v) is 13.2. The van der Waals surface area contributed by atoms with Gasteiger partial charge in [0.2, 0.25) is 0 Å². The molecule has 0 bridgehead atoms. The third kappa shape index (κ3) is 3.26. The third-order valence-corrected chi connectivity index (χ3v) is 5.39. The van der Waals surface area contributed by atoms with Gasteiger partial charge < -0.3 is 9.64 Å². The molecule has 2 aliphatic rings. The molecule has 1 saturated carbocycles. The van der Waals surface area contributed by atoms with E-state index in [1.807, 2.05) is 6.20 Å². The first-order valence-electron chi connectivity index (χ1n) is 7.73. The molecule has 2 fully saturated rings. The predicted molar refractivity (Wildman–Crippen MR) is 86.3 cm³/mol. The number of thiol groups is 1. The first-order valence-corrected chi connectivity index (χ1v) is 8.36. The van der Waals surface area contributed by atoms with Gasteiger partial charge in [0.05, 0.1) is 31.6 Å². The van der Waals surface area contributed by atoms with Gasteiger partial charge >= 0.3 is 0 Å². The van der Waals surface area contributed by atoms with Gasteiger partial charge in [0, 0.05) is 19.2 Å². The van der Waals surface area contributed by atoms with Crippen LogP contribution in [0, 0.1) is 5.41 Å². The summed E-state index contributed by atoms with van der Waals surface area (Å²) in [6.45, 7) is 3.77. The first kappa shape index (κ1) is 14.9. The maximum atomic E-state index is 12.3. The van der Waals surface area contributed by atoms with Gasteiger partial charge in [-0.15, -0.1) is 0 Å². The quantitative estimate of drug-likeness (QED) is 0.858. The van der Waals surface area contributed by atoms with Crippen molar-refractivity contribution in [2.24, 2.45) is 5.41 Å². The van der Waals surface area contributed by atoms with E-state index in [-0.39, 0.29) is 11.0 Å². The third-order valence-electron chi connectivity index (χ3n) is 4.72. The molecule has 21 heavy (non-hydrogen) atoms. The molecule has 1 saturated heterocycles. The summed E-state index contributed by atoms with van der Waals surface area (Å²) in [5.74, 6) is 0.826. The van der Waals surface area contributed by atoms with E-state index in [2.05, 4.69) is 22.6 Å². The Hall–Kier alpha value is -1.01. The van der Waals surface area contributed by atoms with Gasteiger partial charge in [-0.05, 0) is 24.0 Å². The molecule has 1 aromatic rings. The van der Waals surface area contributed by atoms with Crippen molar-refractivity contribution in [3.63, 3.8) is 0 Å². The van der Waals surface area contributed by atoms with Crippen molar-refractivity contribution in [2.45, 2.75) is 32.2 Å². The monoisotopic (exact) mass is 309 g/mol. The van der Waals surface area contributed by atoms with Crippen LogP contribution in [-0.4, -0.2) is 41.8 Å². The minimum absolute atomic E-state index is 0.00736. The van der Waals surface area contributed by atoms with Crippen LogP contribution in [0.25, 0.3) is 0 Å². The van der Waals surface area contributed by atoms with E-state index in [4.69, 9.17) is 4.74 Å². The van der Waals surface area contributed by atoms with Crippen molar-refractivity contribution < 1.29 is 4.74 Å². The van der Waals surface area contributed by atoms with Crippen LogP contribution < -0.4 is 10.5 Å². The molecule has 5 nitrogen and oxygen atoms in total. The molecule has 0 N–H and O–H groups in total. The van der Waals surface area contributed by atoms with Crippen LogP contribution >= 0.6 is 12.6 Å². The number of morpholine rings is 1. The molecule has 1 aliphatic heterocycles. The summed E-state index contributed by atoms with van der Waals surface area (Å²) in [4.78, 5) is 14.5. The fourth-order valence-corrected chi connectivity index (χ4v) is 3.76. The number of aromatic nitrogens is 2. The van der Waals surface area contributed by atoms with Gasteiger partial charge in [0.15, 0.2) is 0 Å². The van der Waals surface area contributed by atoms with Crippen molar-refractivity contribution in [1.82, 2.24) is 9.78 Å². The molecular weight excluding hydrogens is 286 g/mol. The lowest BCUT2D eigenvalue weighted by Crippen LogP contribution is -2.38. The highest BCUT2D eigenvalue weighted by Gasteiger charge is 2.33. The Morgan fingerprint density at radius 1 is 1.29 bits per heavy atom. The summed E-state index contributed by atoms with van der Waals surface area (Å²) in [6, 6.07) is 1.71. The van der Waals surface area contributed by atoms with E-state index in [1.165, 1.54) is 12.8 Å². The minimum atomic E-state index is -0.00736. The van der Waals surface area contributed by atoms with Gasteiger partial charge in [-0.25, -0.2) is 4.68 Å². The van der Waals surface area contributed by atoms with Gasteiger partial charge in [0.1, 0.15) is 0 Å². The van der Waals surface area contributed by atoms with Crippen LogP contribution in [0.3, 0.4) is 0 Å². The molecule has 0 atom stereocenters. The average Bonchev–Trinajstić information content (AvgIpc) is 2.99. The number of nitrogens with zero attached hydrogens (tertiary/aromatic N) is 3. The highest BCUT2D eigenvalue weighted by Crippen LogP contribution is 2.40. The summed E-state index contributed by atoms with van der Waals surface area (Å²) in [5.41, 5.74) is 1.05. The van der Waals surface area contributed by atoms with Crippen LogP contribution in [0.15, 0.2) is 17.1 Å². The molecule has 0 radical (unpaired) electrons. The second-order valence-electron chi connectivity index (χ2n) is 6.17. The largest absolute Gasteiger partial charge is 0.378 e. The Bertz CT molecular complexity index is 534. The Kier molecular flexibility index (Phi) is 4.54. The Morgan fingerprint density at radius 3 is 2.62 bits per heavy atom. The topological polar surface area (TPSA) is 47.4 Å². The van der Waals surface area contributed by atoms with E-state index in [0.717, 1.165) is 37.4 Å². The molecule has 0 spiro atoms. The maximum absolute atomic E-state index is 12.3. The molecule has 116 valence electrons. The molecule has 2 heterocycles. The zero-order valence-electron chi connectivity index (χ0n) is 12.3. The van der Waals surface area contributed by atoms with E-state index in [9.17, 15) is 4.79 Å².